The van der Waals surface area contributed by atoms with Gasteiger partial charge in [-0.3, -0.25) is 0 Å². The largest absolute Gasteiger partial charge is 0.493 e. The maximum Gasteiger partial charge on any atom is 0.137 e. The van der Waals surface area contributed by atoms with Crippen LogP contribution in [0, 0.1) is 6.92 Å². The van der Waals surface area contributed by atoms with Crippen molar-refractivity contribution in [2.24, 2.45) is 0 Å². The molecule has 0 amide bonds. The Labute approximate surface area is 129 Å². The van der Waals surface area contributed by atoms with E-state index in [4.69, 9.17) is 21.3 Å². The van der Waals surface area contributed by atoms with Crippen LogP contribution in [-0.4, -0.2) is 16.0 Å². The number of benzene rings is 1. The van der Waals surface area contributed by atoms with E-state index in [0.717, 1.165) is 28.3 Å². The molecule has 0 unspecified atom stereocenters. The third kappa shape index (κ3) is 2.49. The van der Waals surface area contributed by atoms with E-state index in [9.17, 15) is 0 Å². The van der Waals surface area contributed by atoms with Crippen molar-refractivity contribution in [2.45, 2.75) is 19.7 Å². The van der Waals surface area contributed by atoms with E-state index in [2.05, 4.69) is 23.6 Å². The van der Waals surface area contributed by atoms with E-state index in [-0.39, 0.29) is 0 Å². The summed E-state index contributed by atoms with van der Waals surface area (Å²) in [6.07, 6.45) is 2.06. The number of pyridine rings is 1. The van der Waals surface area contributed by atoms with Gasteiger partial charge in [0.1, 0.15) is 11.4 Å². The van der Waals surface area contributed by atoms with E-state index in [1.807, 2.05) is 37.3 Å². The molecule has 0 fully saturated rings. The van der Waals surface area contributed by atoms with E-state index in [1.54, 1.807) is 0 Å². The lowest BCUT2D eigenvalue weighted by Crippen LogP contribution is -1.96. The number of halogens is 1. The molecule has 0 bridgehead atoms. The summed E-state index contributed by atoms with van der Waals surface area (Å²) >= 11 is 6.18. The van der Waals surface area contributed by atoms with Crippen molar-refractivity contribution < 1.29 is 4.74 Å². The average Bonchev–Trinajstić information content (AvgIpc) is 2.85. The van der Waals surface area contributed by atoms with Crippen LogP contribution in [0.3, 0.4) is 0 Å². The van der Waals surface area contributed by atoms with Crippen molar-refractivity contribution in [3.8, 4) is 17.0 Å². The van der Waals surface area contributed by atoms with Gasteiger partial charge in [-0.05, 0) is 37.6 Å². The van der Waals surface area contributed by atoms with Gasteiger partial charge < -0.3 is 9.14 Å². The molecule has 3 nitrogen and oxygen atoms in total. The molecule has 4 heteroatoms. The van der Waals surface area contributed by atoms with Crippen LogP contribution in [0.2, 0.25) is 0 Å². The average molecular weight is 301 g/mol. The molecule has 0 aliphatic rings. The molecule has 0 radical (unpaired) electrons. The molecule has 0 N–H and O–H groups in total. The highest BCUT2D eigenvalue weighted by molar-refractivity contribution is 6.17. The highest BCUT2D eigenvalue weighted by Gasteiger charge is 2.16. The van der Waals surface area contributed by atoms with Gasteiger partial charge in [0.15, 0.2) is 0 Å². The lowest BCUT2D eigenvalue weighted by molar-refractivity contribution is 0.341. The number of fused-ring (bicyclic) bond motifs is 1. The zero-order chi connectivity index (χ0) is 14.8. The molecule has 0 saturated carbocycles. The monoisotopic (exact) mass is 300 g/mol. The summed E-state index contributed by atoms with van der Waals surface area (Å²) < 4.78 is 7.77. The van der Waals surface area contributed by atoms with Gasteiger partial charge in [-0.15, -0.1) is 11.6 Å². The molecule has 0 saturated heterocycles. The van der Waals surface area contributed by atoms with Gasteiger partial charge in [-0.25, -0.2) is 4.98 Å². The van der Waals surface area contributed by atoms with Crippen LogP contribution in [0.15, 0.2) is 42.6 Å². The fourth-order valence-corrected chi connectivity index (χ4v) is 2.74. The fourth-order valence-electron chi connectivity index (χ4n) is 2.49. The molecule has 2 heterocycles. The molecular formula is C17H17ClN2O. The second-order valence-corrected chi connectivity index (χ2v) is 5.17. The molecular weight excluding hydrogens is 284 g/mol. The van der Waals surface area contributed by atoms with Crippen molar-refractivity contribution in [3.63, 3.8) is 0 Å². The Bertz CT molecular complexity index is 780. The summed E-state index contributed by atoms with van der Waals surface area (Å²) in [5, 5.41) is 0. The predicted molar refractivity (Wildman–Crippen MR) is 86.1 cm³/mol. The van der Waals surface area contributed by atoms with E-state index < -0.39 is 0 Å². The lowest BCUT2D eigenvalue weighted by atomic mass is 10.1. The van der Waals surface area contributed by atoms with Crippen LogP contribution >= 0.6 is 11.6 Å². The minimum absolute atomic E-state index is 0.403. The Morgan fingerprint density at radius 1 is 1.19 bits per heavy atom. The first-order valence-corrected chi connectivity index (χ1v) is 7.53. The van der Waals surface area contributed by atoms with Crippen LogP contribution in [0.4, 0.5) is 0 Å². The summed E-state index contributed by atoms with van der Waals surface area (Å²) in [6.45, 7) is 4.66. The van der Waals surface area contributed by atoms with Crippen molar-refractivity contribution in [3.05, 3.63) is 53.9 Å². The molecule has 2 aromatic heterocycles. The second kappa shape index (κ2) is 5.78. The van der Waals surface area contributed by atoms with Gasteiger partial charge in [0, 0.05) is 11.8 Å². The third-order valence-electron chi connectivity index (χ3n) is 3.43. The number of aryl methyl sites for hydroxylation is 1. The third-order valence-corrected chi connectivity index (χ3v) is 3.69. The van der Waals surface area contributed by atoms with Crippen LogP contribution in [0.25, 0.3) is 16.9 Å². The number of nitrogens with zero attached hydrogens (tertiary/aromatic N) is 2. The zero-order valence-corrected chi connectivity index (χ0v) is 12.9. The Kier molecular flexibility index (Phi) is 3.84. The van der Waals surface area contributed by atoms with Crippen LogP contribution in [0.1, 0.15) is 18.2 Å². The molecule has 3 aromatic rings. The van der Waals surface area contributed by atoms with Gasteiger partial charge in [0.25, 0.3) is 0 Å². The first-order valence-electron chi connectivity index (χ1n) is 7.00. The Morgan fingerprint density at radius 2 is 2.00 bits per heavy atom. The lowest BCUT2D eigenvalue weighted by Gasteiger charge is -2.09. The molecule has 108 valence electrons. The SMILES string of the molecule is CCOc1ccccc1-c1nc2ccc(C)cn2c1CCl. The van der Waals surface area contributed by atoms with Gasteiger partial charge >= 0.3 is 0 Å². The number of hydrogen-bond acceptors (Lipinski definition) is 2. The van der Waals surface area contributed by atoms with E-state index in [1.165, 1.54) is 5.56 Å². The Morgan fingerprint density at radius 3 is 2.76 bits per heavy atom. The van der Waals surface area contributed by atoms with Crippen LogP contribution in [-0.2, 0) is 5.88 Å². The van der Waals surface area contributed by atoms with Crippen molar-refractivity contribution in [1.82, 2.24) is 9.38 Å². The van der Waals surface area contributed by atoms with Gasteiger partial charge in [-0.1, -0.05) is 18.2 Å². The van der Waals surface area contributed by atoms with Crippen LogP contribution < -0.4 is 4.74 Å². The first-order chi connectivity index (χ1) is 10.2. The molecule has 0 spiro atoms. The highest BCUT2D eigenvalue weighted by atomic mass is 35.5. The van der Waals surface area contributed by atoms with E-state index in [0.29, 0.717) is 12.5 Å². The molecule has 3 rings (SSSR count). The van der Waals surface area contributed by atoms with Gasteiger partial charge in [-0.2, -0.15) is 0 Å². The molecule has 0 atom stereocenters. The van der Waals surface area contributed by atoms with E-state index >= 15 is 0 Å². The van der Waals surface area contributed by atoms with Crippen LogP contribution in [0.5, 0.6) is 5.75 Å². The molecule has 21 heavy (non-hydrogen) atoms. The smallest absolute Gasteiger partial charge is 0.137 e. The second-order valence-electron chi connectivity index (χ2n) is 4.90. The minimum atomic E-state index is 0.403. The Hall–Kier alpha value is -2.00. The Balaban J connectivity index is 2.25. The number of rotatable bonds is 4. The summed E-state index contributed by atoms with van der Waals surface area (Å²) in [5.74, 6) is 1.24. The number of alkyl halides is 1. The maximum absolute atomic E-state index is 6.18. The first kappa shape index (κ1) is 14.0. The number of ether oxygens (including phenoxy) is 1. The molecule has 0 aliphatic heterocycles. The standard InChI is InChI=1S/C17H17ClN2O/c1-3-21-15-7-5-4-6-13(15)17-14(10-18)20-11-12(2)8-9-16(20)19-17/h4-9,11H,3,10H2,1-2H3. The summed E-state index contributed by atoms with van der Waals surface area (Å²) in [7, 11) is 0. The number of aromatic nitrogens is 2. The number of imidazole rings is 1. The van der Waals surface area contributed by atoms with Gasteiger partial charge in [0.05, 0.1) is 23.9 Å². The molecule has 1 aromatic carbocycles. The maximum atomic E-state index is 6.18. The number of hydrogen-bond donors (Lipinski definition) is 0. The molecule has 0 aliphatic carbocycles. The summed E-state index contributed by atoms with van der Waals surface area (Å²) in [6, 6.07) is 12.0. The fraction of sp³-hybridized carbons (Fsp3) is 0.235. The van der Waals surface area contributed by atoms with Gasteiger partial charge in [0.2, 0.25) is 0 Å². The summed E-state index contributed by atoms with van der Waals surface area (Å²) in [5.41, 5.74) is 4.94. The quantitative estimate of drug-likeness (QED) is 0.666. The summed E-state index contributed by atoms with van der Waals surface area (Å²) in [4.78, 5) is 4.74. The van der Waals surface area contributed by atoms with Crippen molar-refractivity contribution in [1.29, 1.82) is 0 Å². The number of para-hydroxylation sites is 1. The predicted octanol–water partition coefficient (Wildman–Crippen LogP) is 4.45. The normalized spacial score (nSPS) is 11.0. The zero-order valence-electron chi connectivity index (χ0n) is 12.1. The minimum Gasteiger partial charge on any atom is -0.493 e. The van der Waals surface area contributed by atoms with Crippen molar-refractivity contribution >= 4 is 17.2 Å². The van der Waals surface area contributed by atoms with Crippen molar-refractivity contribution in [2.75, 3.05) is 6.61 Å². The highest BCUT2D eigenvalue weighted by Crippen LogP contribution is 2.33. The topological polar surface area (TPSA) is 26.5 Å².